The standard InChI is InChI=1S/C22H18FNO2S/c1-25-17-9-3-14(4-10-17)21-19-12-11-18(26-2)13-20(19)27-22(21)24-16-7-5-15(23)6-8-16/h3-13,24H,1-2H3. The summed E-state index contributed by atoms with van der Waals surface area (Å²) >= 11 is 1.64. The van der Waals surface area contributed by atoms with Crippen LogP contribution < -0.4 is 14.8 Å². The lowest BCUT2D eigenvalue weighted by molar-refractivity contribution is 0.415. The lowest BCUT2D eigenvalue weighted by atomic mass is 10.0. The lowest BCUT2D eigenvalue weighted by Gasteiger charge is -2.09. The molecule has 1 heterocycles. The topological polar surface area (TPSA) is 30.5 Å². The van der Waals surface area contributed by atoms with Gasteiger partial charge in [-0.3, -0.25) is 0 Å². The van der Waals surface area contributed by atoms with Crippen LogP contribution in [0.3, 0.4) is 0 Å². The van der Waals surface area contributed by atoms with Crippen LogP contribution in [-0.4, -0.2) is 14.2 Å². The quantitative estimate of drug-likeness (QED) is 0.431. The second-order valence-electron chi connectivity index (χ2n) is 6.03. The minimum absolute atomic E-state index is 0.253. The van der Waals surface area contributed by atoms with E-state index in [2.05, 4.69) is 11.4 Å². The second-order valence-corrected chi connectivity index (χ2v) is 7.08. The molecule has 0 saturated carbocycles. The minimum atomic E-state index is -0.253. The highest BCUT2D eigenvalue weighted by molar-refractivity contribution is 7.23. The van der Waals surface area contributed by atoms with Gasteiger partial charge in [-0.25, -0.2) is 4.39 Å². The molecule has 4 rings (SSSR count). The average Bonchev–Trinajstić information content (AvgIpc) is 3.06. The van der Waals surface area contributed by atoms with E-state index in [0.29, 0.717) is 0 Å². The van der Waals surface area contributed by atoms with Gasteiger partial charge in [-0.1, -0.05) is 12.1 Å². The van der Waals surface area contributed by atoms with Crippen molar-refractivity contribution in [2.75, 3.05) is 19.5 Å². The molecule has 3 nitrogen and oxygen atoms in total. The molecule has 0 aliphatic rings. The third-order valence-corrected chi connectivity index (χ3v) is 5.45. The van der Waals surface area contributed by atoms with E-state index in [9.17, 15) is 4.39 Å². The number of halogens is 1. The van der Waals surface area contributed by atoms with E-state index >= 15 is 0 Å². The number of hydrogen-bond acceptors (Lipinski definition) is 4. The maximum atomic E-state index is 13.2. The van der Waals surface area contributed by atoms with Crippen LogP contribution in [-0.2, 0) is 0 Å². The smallest absolute Gasteiger partial charge is 0.123 e. The van der Waals surface area contributed by atoms with Crippen LogP contribution in [0.1, 0.15) is 0 Å². The number of fused-ring (bicyclic) bond motifs is 1. The Bertz CT molecular complexity index is 1070. The Morgan fingerprint density at radius 2 is 1.48 bits per heavy atom. The predicted octanol–water partition coefficient (Wildman–Crippen LogP) is 6.47. The van der Waals surface area contributed by atoms with Gasteiger partial charge >= 0.3 is 0 Å². The zero-order valence-corrected chi connectivity index (χ0v) is 15.8. The first kappa shape index (κ1) is 17.4. The fourth-order valence-electron chi connectivity index (χ4n) is 3.00. The van der Waals surface area contributed by atoms with E-state index in [4.69, 9.17) is 9.47 Å². The minimum Gasteiger partial charge on any atom is -0.497 e. The van der Waals surface area contributed by atoms with Gasteiger partial charge in [0.25, 0.3) is 0 Å². The van der Waals surface area contributed by atoms with Gasteiger partial charge in [-0.2, -0.15) is 0 Å². The summed E-state index contributed by atoms with van der Waals surface area (Å²) in [7, 11) is 3.32. The number of nitrogens with one attached hydrogen (secondary N) is 1. The summed E-state index contributed by atoms with van der Waals surface area (Å²) in [6.07, 6.45) is 0. The maximum Gasteiger partial charge on any atom is 0.123 e. The molecule has 3 aromatic carbocycles. The fraction of sp³-hybridized carbons (Fsp3) is 0.0909. The van der Waals surface area contributed by atoms with E-state index in [1.807, 2.05) is 36.4 Å². The fourth-order valence-corrected chi connectivity index (χ4v) is 4.17. The van der Waals surface area contributed by atoms with Gasteiger partial charge in [-0.15, -0.1) is 11.3 Å². The van der Waals surface area contributed by atoms with Crippen molar-refractivity contribution in [3.63, 3.8) is 0 Å². The van der Waals surface area contributed by atoms with Gasteiger partial charge in [0.1, 0.15) is 22.3 Å². The van der Waals surface area contributed by atoms with Crippen molar-refractivity contribution in [1.82, 2.24) is 0 Å². The van der Waals surface area contributed by atoms with E-state index in [0.717, 1.165) is 43.4 Å². The molecule has 5 heteroatoms. The first-order chi connectivity index (χ1) is 13.2. The lowest BCUT2D eigenvalue weighted by Crippen LogP contribution is -1.90. The van der Waals surface area contributed by atoms with Crippen LogP contribution in [0.25, 0.3) is 21.2 Å². The Labute approximate surface area is 161 Å². The molecule has 4 aromatic rings. The zero-order valence-electron chi connectivity index (χ0n) is 15.0. The van der Waals surface area contributed by atoms with Gasteiger partial charge in [0, 0.05) is 21.3 Å². The van der Waals surface area contributed by atoms with Crippen LogP contribution in [0.2, 0.25) is 0 Å². The van der Waals surface area contributed by atoms with Crippen molar-refractivity contribution in [3.8, 4) is 22.6 Å². The molecule has 1 aromatic heterocycles. The summed E-state index contributed by atoms with van der Waals surface area (Å²) in [5.74, 6) is 1.38. The maximum absolute atomic E-state index is 13.2. The van der Waals surface area contributed by atoms with Gasteiger partial charge in [0.05, 0.1) is 14.2 Å². The molecule has 0 spiro atoms. The molecular weight excluding hydrogens is 361 g/mol. The highest BCUT2D eigenvalue weighted by Crippen LogP contribution is 2.45. The van der Waals surface area contributed by atoms with Crippen molar-refractivity contribution in [2.24, 2.45) is 0 Å². The van der Waals surface area contributed by atoms with E-state index < -0.39 is 0 Å². The SMILES string of the molecule is COc1ccc(-c2c(Nc3ccc(F)cc3)sc3cc(OC)ccc23)cc1. The molecule has 0 aliphatic heterocycles. The van der Waals surface area contributed by atoms with Gasteiger partial charge in [0.2, 0.25) is 0 Å². The third-order valence-electron chi connectivity index (χ3n) is 4.38. The van der Waals surface area contributed by atoms with E-state index in [-0.39, 0.29) is 5.82 Å². The Morgan fingerprint density at radius 3 is 2.15 bits per heavy atom. The molecule has 0 amide bonds. The number of ether oxygens (including phenoxy) is 2. The number of methoxy groups -OCH3 is 2. The van der Waals surface area contributed by atoms with Crippen LogP contribution in [0.5, 0.6) is 11.5 Å². The molecule has 0 fully saturated rings. The largest absolute Gasteiger partial charge is 0.497 e. The Balaban J connectivity index is 1.85. The molecule has 27 heavy (non-hydrogen) atoms. The molecule has 0 bridgehead atoms. The van der Waals surface area contributed by atoms with E-state index in [1.165, 1.54) is 12.1 Å². The van der Waals surface area contributed by atoms with Crippen LogP contribution in [0, 0.1) is 5.82 Å². The first-order valence-corrected chi connectivity index (χ1v) is 9.27. The highest BCUT2D eigenvalue weighted by Gasteiger charge is 2.15. The van der Waals surface area contributed by atoms with Crippen molar-refractivity contribution < 1.29 is 13.9 Å². The van der Waals surface area contributed by atoms with Crippen LogP contribution in [0.15, 0.2) is 66.7 Å². The average molecular weight is 379 g/mol. The molecule has 0 aliphatic carbocycles. The second kappa shape index (κ2) is 7.29. The Kier molecular flexibility index (Phi) is 4.69. The Hall–Kier alpha value is -3.05. The van der Waals surface area contributed by atoms with Gasteiger partial charge in [-0.05, 0) is 60.2 Å². The van der Waals surface area contributed by atoms with Crippen molar-refractivity contribution in [1.29, 1.82) is 0 Å². The molecule has 0 saturated heterocycles. The van der Waals surface area contributed by atoms with Gasteiger partial charge < -0.3 is 14.8 Å². The number of rotatable bonds is 5. The third kappa shape index (κ3) is 3.46. The Morgan fingerprint density at radius 1 is 0.815 bits per heavy atom. The predicted molar refractivity (Wildman–Crippen MR) is 110 cm³/mol. The zero-order chi connectivity index (χ0) is 18.8. The van der Waals surface area contributed by atoms with Crippen molar-refractivity contribution in [3.05, 3.63) is 72.5 Å². The molecule has 136 valence electrons. The summed E-state index contributed by atoms with van der Waals surface area (Å²) in [4.78, 5) is 0. The molecular formula is C22H18FNO2S. The number of thiophene rings is 1. The first-order valence-electron chi connectivity index (χ1n) is 8.45. The molecule has 0 unspecified atom stereocenters. The van der Waals surface area contributed by atoms with Crippen LogP contribution in [0.4, 0.5) is 15.1 Å². The van der Waals surface area contributed by atoms with Crippen molar-refractivity contribution in [2.45, 2.75) is 0 Å². The highest BCUT2D eigenvalue weighted by atomic mass is 32.1. The number of hydrogen-bond donors (Lipinski definition) is 1. The molecule has 0 radical (unpaired) electrons. The summed E-state index contributed by atoms with van der Waals surface area (Å²) in [5, 5.41) is 5.56. The molecule has 0 atom stereocenters. The van der Waals surface area contributed by atoms with E-state index in [1.54, 1.807) is 37.7 Å². The van der Waals surface area contributed by atoms with Crippen molar-refractivity contribution >= 4 is 32.1 Å². The summed E-state index contributed by atoms with van der Waals surface area (Å²) in [6.45, 7) is 0. The monoisotopic (exact) mass is 379 g/mol. The summed E-state index contributed by atoms with van der Waals surface area (Å²) < 4.78 is 25.0. The molecule has 1 N–H and O–H groups in total. The summed E-state index contributed by atoms with van der Waals surface area (Å²) in [5.41, 5.74) is 3.02. The number of anilines is 2. The normalized spacial score (nSPS) is 10.8. The van der Waals surface area contributed by atoms with Gasteiger partial charge in [0.15, 0.2) is 0 Å². The summed E-state index contributed by atoms with van der Waals surface area (Å²) in [6, 6.07) is 20.4. The van der Waals surface area contributed by atoms with Crippen LogP contribution >= 0.6 is 11.3 Å². The number of benzene rings is 3.